The van der Waals surface area contributed by atoms with Crippen LogP contribution in [0.15, 0.2) is 0 Å². The standard InChI is InChI=1S/C21H39NO3/c1-4-22(5-2)15-16-25-20(23)21(24,18-9-7-6-8-10-18)19-13-11-17(3)12-14-19/h17-19,24H,4-16H2,1-3H3/t17?,19?,21-/m1/s1. The van der Waals surface area contributed by atoms with Crippen molar-refractivity contribution in [3.05, 3.63) is 0 Å². The molecule has 2 saturated carbocycles. The van der Waals surface area contributed by atoms with Gasteiger partial charge in [-0.1, -0.05) is 52.9 Å². The van der Waals surface area contributed by atoms with Crippen LogP contribution in [0.3, 0.4) is 0 Å². The van der Waals surface area contributed by atoms with E-state index >= 15 is 0 Å². The van der Waals surface area contributed by atoms with Gasteiger partial charge in [0.15, 0.2) is 5.60 Å². The molecule has 4 nitrogen and oxygen atoms in total. The number of nitrogens with zero attached hydrogens (tertiary/aromatic N) is 1. The van der Waals surface area contributed by atoms with Crippen LogP contribution in [0, 0.1) is 17.8 Å². The molecule has 0 radical (unpaired) electrons. The second-order valence-corrected chi connectivity index (χ2v) is 8.28. The normalized spacial score (nSPS) is 27.9. The number of carbonyl (C=O) groups excluding carboxylic acids is 1. The molecule has 2 aliphatic carbocycles. The van der Waals surface area contributed by atoms with Crippen LogP contribution >= 0.6 is 0 Å². The van der Waals surface area contributed by atoms with Crippen molar-refractivity contribution in [2.45, 2.75) is 84.2 Å². The average molecular weight is 354 g/mol. The number of ether oxygens (including phenoxy) is 1. The van der Waals surface area contributed by atoms with Crippen LogP contribution in [0.5, 0.6) is 0 Å². The van der Waals surface area contributed by atoms with E-state index in [0.29, 0.717) is 12.5 Å². The van der Waals surface area contributed by atoms with Gasteiger partial charge < -0.3 is 14.7 Å². The number of likely N-dealkylation sites (N-methyl/N-ethyl adjacent to an activating group) is 1. The van der Waals surface area contributed by atoms with Gasteiger partial charge in [0.1, 0.15) is 6.61 Å². The summed E-state index contributed by atoms with van der Waals surface area (Å²) in [4.78, 5) is 15.3. The zero-order chi connectivity index (χ0) is 18.3. The molecule has 0 aromatic heterocycles. The van der Waals surface area contributed by atoms with E-state index in [4.69, 9.17) is 4.74 Å². The molecular formula is C21H39NO3. The third-order valence-corrected chi connectivity index (χ3v) is 6.73. The summed E-state index contributed by atoms with van der Waals surface area (Å²) in [5.41, 5.74) is -1.26. The van der Waals surface area contributed by atoms with Crippen LogP contribution in [-0.2, 0) is 9.53 Å². The fraction of sp³-hybridized carbons (Fsp3) is 0.952. The molecule has 2 fully saturated rings. The molecule has 0 spiro atoms. The van der Waals surface area contributed by atoms with E-state index < -0.39 is 5.60 Å². The number of carbonyl (C=O) groups is 1. The molecule has 2 aliphatic rings. The molecule has 4 heteroatoms. The first-order valence-corrected chi connectivity index (χ1v) is 10.6. The third kappa shape index (κ3) is 5.19. The molecule has 25 heavy (non-hydrogen) atoms. The van der Waals surface area contributed by atoms with Crippen LogP contribution in [0.2, 0.25) is 0 Å². The van der Waals surface area contributed by atoms with Crippen molar-refractivity contribution in [1.82, 2.24) is 4.90 Å². The van der Waals surface area contributed by atoms with Crippen molar-refractivity contribution in [1.29, 1.82) is 0 Å². The minimum atomic E-state index is -1.26. The predicted octanol–water partition coefficient (Wildman–Crippen LogP) is 4.01. The van der Waals surface area contributed by atoms with E-state index in [2.05, 4.69) is 25.7 Å². The first kappa shape index (κ1) is 20.7. The van der Waals surface area contributed by atoms with Crippen molar-refractivity contribution in [3.8, 4) is 0 Å². The Labute approximate surface area is 154 Å². The summed E-state index contributed by atoms with van der Waals surface area (Å²) >= 11 is 0. The minimum absolute atomic E-state index is 0.0766. The zero-order valence-corrected chi connectivity index (χ0v) is 16.6. The largest absolute Gasteiger partial charge is 0.462 e. The lowest BCUT2D eigenvalue weighted by Crippen LogP contribution is -2.54. The maximum Gasteiger partial charge on any atom is 0.338 e. The van der Waals surface area contributed by atoms with Crippen LogP contribution in [-0.4, -0.2) is 47.8 Å². The fourth-order valence-electron chi connectivity index (χ4n) is 4.83. The van der Waals surface area contributed by atoms with Crippen LogP contribution in [0.4, 0.5) is 0 Å². The number of hydrogen-bond donors (Lipinski definition) is 1. The molecule has 0 aliphatic heterocycles. The zero-order valence-electron chi connectivity index (χ0n) is 16.6. The maximum absolute atomic E-state index is 13.0. The Kier molecular flexibility index (Phi) is 8.21. The SMILES string of the molecule is CCN(CC)CCOC(=O)[C@@](O)(C1CCCCC1)C1CCC(C)CC1. The summed E-state index contributed by atoms with van der Waals surface area (Å²) in [5.74, 6) is 0.532. The summed E-state index contributed by atoms with van der Waals surface area (Å²) in [7, 11) is 0. The van der Waals surface area contributed by atoms with Crippen LogP contribution in [0.25, 0.3) is 0 Å². The molecule has 0 heterocycles. The smallest absolute Gasteiger partial charge is 0.338 e. The topological polar surface area (TPSA) is 49.8 Å². The highest BCUT2D eigenvalue weighted by molar-refractivity contribution is 5.80. The molecule has 0 aromatic carbocycles. The molecule has 0 unspecified atom stereocenters. The molecule has 1 N–H and O–H groups in total. The van der Waals surface area contributed by atoms with Gasteiger partial charge in [0.05, 0.1) is 0 Å². The molecule has 0 amide bonds. The second-order valence-electron chi connectivity index (χ2n) is 8.28. The molecule has 0 saturated heterocycles. The molecule has 0 aromatic rings. The first-order valence-electron chi connectivity index (χ1n) is 10.6. The lowest BCUT2D eigenvalue weighted by Gasteiger charge is -2.44. The molecule has 146 valence electrons. The summed E-state index contributed by atoms with van der Waals surface area (Å²) in [5, 5.41) is 11.6. The number of esters is 1. The highest BCUT2D eigenvalue weighted by atomic mass is 16.5. The Morgan fingerprint density at radius 1 is 1.00 bits per heavy atom. The highest BCUT2D eigenvalue weighted by Gasteiger charge is 2.51. The number of aliphatic hydroxyl groups is 1. The van der Waals surface area contributed by atoms with E-state index in [1.807, 2.05) is 0 Å². The lowest BCUT2D eigenvalue weighted by molar-refractivity contribution is -0.185. The van der Waals surface area contributed by atoms with E-state index in [-0.39, 0.29) is 17.8 Å². The van der Waals surface area contributed by atoms with Crippen molar-refractivity contribution in [3.63, 3.8) is 0 Å². The monoisotopic (exact) mass is 353 g/mol. The molecule has 1 atom stereocenters. The Morgan fingerprint density at radius 2 is 1.56 bits per heavy atom. The van der Waals surface area contributed by atoms with Gasteiger partial charge in [-0.25, -0.2) is 4.79 Å². The third-order valence-electron chi connectivity index (χ3n) is 6.73. The quantitative estimate of drug-likeness (QED) is 0.670. The fourth-order valence-corrected chi connectivity index (χ4v) is 4.83. The Bertz CT molecular complexity index is 396. The van der Waals surface area contributed by atoms with Gasteiger partial charge >= 0.3 is 5.97 Å². The summed E-state index contributed by atoms with van der Waals surface area (Å²) < 4.78 is 5.64. The van der Waals surface area contributed by atoms with Gasteiger partial charge in [-0.3, -0.25) is 0 Å². The highest BCUT2D eigenvalue weighted by Crippen LogP contribution is 2.44. The first-order chi connectivity index (χ1) is 12.0. The molecule has 2 rings (SSSR count). The van der Waals surface area contributed by atoms with E-state index in [0.717, 1.165) is 71.0 Å². The van der Waals surface area contributed by atoms with E-state index in [1.54, 1.807) is 0 Å². The van der Waals surface area contributed by atoms with Gasteiger partial charge in [-0.15, -0.1) is 0 Å². The van der Waals surface area contributed by atoms with Gasteiger partial charge in [0, 0.05) is 6.54 Å². The second kappa shape index (κ2) is 9.91. The average Bonchev–Trinajstić information content (AvgIpc) is 2.65. The van der Waals surface area contributed by atoms with Crippen LogP contribution < -0.4 is 0 Å². The summed E-state index contributed by atoms with van der Waals surface area (Å²) in [6.45, 7) is 9.57. The van der Waals surface area contributed by atoms with Gasteiger partial charge in [0.2, 0.25) is 0 Å². The van der Waals surface area contributed by atoms with Gasteiger partial charge in [0.25, 0.3) is 0 Å². The Hall–Kier alpha value is -0.610. The van der Waals surface area contributed by atoms with Crippen molar-refractivity contribution < 1.29 is 14.6 Å². The Balaban J connectivity index is 2.03. The van der Waals surface area contributed by atoms with Gasteiger partial charge in [-0.2, -0.15) is 0 Å². The summed E-state index contributed by atoms with van der Waals surface area (Å²) in [6, 6.07) is 0. The Morgan fingerprint density at radius 3 is 2.12 bits per heavy atom. The predicted molar refractivity (Wildman–Crippen MR) is 101 cm³/mol. The van der Waals surface area contributed by atoms with E-state index in [1.165, 1.54) is 6.42 Å². The van der Waals surface area contributed by atoms with Crippen molar-refractivity contribution >= 4 is 5.97 Å². The van der Waals surface area contributed by atoms with Crippen molar-refractivity contribution in [2.75, 3.05) is 26.2 Å². The molecular weight excluding hydrogens is 314 g/mol. The van der Waals surface area contributed by atoms with Crippen LogP contribution in [0.1, 0.15) is 78.6 Å². The molecule has 0 bridgehead atoms. The minimum Gasteiger partial charge on any atom is -0.462 e. The van der Waals surface area contributed by atoms with E-state index in [9.17, 15) is 9.90 Å². The lowest BCUT2D eigenvalue weighted by atomic mass is 9.65. The maximum atomic E-state index is 13.0. The number of rotatable bonds is 8. The summed E-state index contributed by atoms with van der Waals surface area (Å²) in [6.07, 6.45) is 9.57. The number of hydrogen-bond acceptors (Lipinski definition) is 4. The van der Waals surface area contributed by atoms with Crippen molar-refractivity contribution in [2.24, 2.45) is 17.8 Å². The van der Waals surface area contributed by atoms with Gasteiger partial charge in [-0.05, 0) is 56.5 Å².